The van der Waals surface area contributed by atoms with E-state index in [1.54, 1.807) is 27.7 Å². The number of nitrogens with one attached hydrogen (secondary N) is 3. The minimum absolute atomic E-state index is 0.000178. The Kier molecular flexibility index (Phi) is 19.2. The van der Waals surface area contributed by atoms with Crippen LogP contribution in [0.15, 0.2) is 0 Å². The molecule has 4 amide bonds. The fourth-order valence-corrected chi connectivity index (χ4v) is 5.80. The van der Waals surface area contributed by atoms with Gasteiger partial charge in [0.1, 0.15) is 17.9 Å². The Morgan fingerprint density at radius 1 is 0.891 bits per heavy atom. The van der Waals surface area contributed by atoms with Crippen molar-refractivity contribution in [2.45, 2.75) is 156 Å². The van der Waals surface area contributed by atoms with Crippen LogP contribution in [0.25, 0.3) is 0 Å². The van der Waals surface area contributed by atoms with Crippen molar-refractivity contribution in [2.75, 3.05) is 40.0 Å². The number of carbonyl (C=O) groups is 7. The number of imide groups is 1. The van der Waals surface area contributed by atoms with Crippen LogP contribution in [0, 0.1) is 11.3 Å². The number of Topliss-reactive ketones (excluding diaryl/α,β-unsaturated/α-hetero) is 2. The van der Waals surface area contributed by atoms with Crippen molar-refractivity contribution in [3.05, 3.63) is 0 Å². The molecule has 4 unspecified atom stereocenters. The summed E-state index contributed by atoms with van der Waals surface area (Å²) < 4.78 is 17.3. The van der Waals surface area contributed by atoms with Crippen molar-refractivity contribution in [2.24, 2.45) is 17.1 Å². The molecule has 0 aromatic rings. The number of rotatable bonds is 27. The van der Waals surface area contributed by atoms with E-state index in [0.717, 1.165) is 0 Å². The minimum atomic E-state index is -1.35. The average molecular weight is 784 g/mol. The summed E-state index contributed by atoms with van der Waals surface area (Å²) in [5, 5.41) is 17.5. The molecule has 1 heterocycles. The summed E-state index contributed by atoms with van der Waals surface area (Å²) in [5.41, 5.74) is 1.67. The lowest BCUT2D eigenvalue weighted by molar-refractivity contribution is -0.150. The van der Waals surface area contributed by atoms with Crippen LogP contribution in [0.3, 0.4) is 0 Å². The molecule has 316 valence electrons. The standard InChI is InChI=1S/C39H69N5O11/c1-12-38(9,43-27(33(51)37(7,8)53-11)15-13-14-20-41-29(46)16-17-32(49)50)28(45)24-54-39(10,40)25-55-36(5,6)19-21-42-30(47)18-22-44-31(48)23-26(34(44)52)35(2,3)4/h26-27,43H,12-25,40H2,1-11H3,(H,41,46)(H,42,47)(H,49,50). The number of nitrogens with two attached hydrogens (primary N) is 1. The number of carboxylic acids is 1. The molecule has 1 aliphatic heterocycles. The topological polar surface area (TPSA) is 233 Å². The van der Waals surface area contributed by atoms with Crippen LogP contribution >= 0.6 is 0 Å². The zero-order valence-electron chi connectivity index (χ0n) is 35.1. The van der Waals surface area contributed by atoms with E-state index in [9.17, 15) is 33.6 Å². The lowest BCUT2D eigenvalue weighted by Gasteiger charge is -2.37. The Balaban J connectivity index is 2.68. The molecule has 6 N–H and O–H groups in total. The first-order valence-electron chi connectivity index (χ1n) is 19.3. The number of amides is 4. The van der Waals surface area contributed by atoms with Crippen LogP contribution in [0.4, 0.5) is 0 Å². The monoisotopic (exact) mass is 783 g/mol. The Labute approximate surface area is 327 Å². The largest absolute Gasteiger partial charge is 0.481 e. The molecule has 1 saturated heterocycles. The molecule has 16 heteroatoms. The van der Waals surface area contributed by atoms with E-state index in [2.05, 4.69) is 16.0 Å². The lowest BCUT2D eigenvalue weighted by atomic mass is 9.80. The predicted molar refractivity (Wildman–Crippen MR) is 206 cm³/mol. The molecule has 1 aliphatic rings. The molecule has 0 aliphatic carbocycles. The van der Waals surface area contributed by atoms with Crippen LogP contribution in [-0.4, -0.2) is 120 Å². The Morgan fingerprint density at radius 2 is 1.49 bits per heavy atom. The van der Waals surface area contributed by atoms with Crippen molar-refractivity contribution in [3.63, 3.8) is 0 Å². The summed E-state index contributed by atoms with van der Waals surface area (Å²) in [6.07, 6.45) is 1.97. The van der Waals surface area contributed by atoms with Crippen LogP contribution in [-0.2, 0) is 47.8 Å². The number of carbonyl (C=O) groups excluding carboxylic acids is 6. The van der Waals surface area contributed by atoms with Gasteiger partial charge in [0.2, 0.25) is 23.6 Å². The second-order valence-corrected chi connectivity index (χ2v) is 17.1. The highest BCUT2D eigenvalue weighted by molar-refractivity contribution is 6.04. The van der Waals surface area contributed by atoms with Gasteiger partial charge in [0.05, 0.1) is 36.1 Å². The quantitative estimate of drug-likeness (QED) is 0.0459. The maximum Gasteiger partial charge on any atom is 0.303 e. The van der Waals surface area contributed by atoms with E-state index < -0.39 is 40.4 Å². The number of hydrogen-bond donors (Lipinski definition) is 5. The Hall–Kier alpha value is -3.31. The molecule has 0 bridgehead atoms. The maximum absolute atomic E-state index is 13.6. The van der Waals surface area contributed by atoms with Gasteiger partial charge in [0, 0.05) is 46.0 Å². The van der Waals surface area contributed by atoms with Gasteiger partial charge in [-0.25, -0.2) is 0 Å². The summed E-state index contributed by atoms with van der Waals surface area (Å²) in [6, 6.07) is -0.758. The number of nitrogens with zero attached hydrogens (tertiary/aromatic N) is 1. The van der Waals surface area contributed by atoms with Gasteiger partial charge < -0.3 is 35.7 Å². The summed E-state index contributed by atoms with van der Waals surface area (Å²) in [6.45, 7) is 18.0. The Bertz CT molecular complexity index is 1360. The lowest BCUT2D eigenvalue weighted by Crippen LogP contribution is -2.60. The SMILES string of the molecule is CCC(C)(NC(CCCCNC(=O)CCC(=O)O)C(=O)C(C)(C)OC)C(=O)COC(C)(N)COC(C)(C)CCNC(=O)CCN1C(=O)CC(C(C)(C)C)C1=O. The highest BCUT2D eigenvalue weighted by Gasteiger charge is 2.44. The van der Waals surface area contributed by atoms with Gasteiger partial charge in [-0.2, -0.15) is 0 Å². The number of ether oxygens (including phenoxy) is 3. The number of methoxy groups -OCH3 is 1. The van der Waals surface area contributed by atoms with Crippen molar-refractivity contribution in [1.82, 2.24) is 20.9 Å². The molecule has 0 saturated carbocycles. The summed E-state index contributed by atoms with van der Waals surface area (Å²) in [5.74, 6) is -3.15. The summed E-state index contributed by atoms with van der Waals surface area (Å²) in [7, 11) is 1.44. The molecule has 55 heavy (non-hydrogen) atoms. The van der Waals surface area contributed by atoms with E-state index in [1.165, 1.54) is 12.0 Å². The highest BCUT2D eigenvalue weighted by atomic mass is 16.6. The molecule has 16 nitrogen and oxygen atoms in total. The highest BCUT2D eigenvalue weighted by Crippen LogP contribution is 2.35. The average Bonchev–Trinajstić information content (AvgIpc) is 3.39. The second kappa shape index (κ2) is 21.3. The van der Waals surface area contributed by atoms with Gasteiger partial charge in [-0.15, -0.1) is 0 Å². The minimum Gasteiger partial charge on any atom is -0.481 e. The van der Waals surface area contributed by atoms with Gasteiger partial charge in [0.25, 0.3) is 0 Å². The first kappa shape index (κ1) is 49.7. The number of carboxylic acid groups (broad SMARTS) is 1. The number of ketones is 2. The molecule has 1 rings (SSSR count). The fourth-order valence-electron chi connectivity index (χ4n) is 5.80. The van der Waals surface area contributed by atoms with Gasteiger partial charge in [-0.3, -0.25) is 43.8 Å². The van der Waals surface area contributed by atoms with Crippen LogP contribution in [0.1, 0.15) is 127 Å². The molecular weight excluding hydrogens is 714 g/mol. The predicted octanol–water partition coefficient (Wildman–Crippen LogP) is 2.63. The van der Waals surface area contributed by atoms with Gasteiger partial charge in [0.15, 0.2) is 11.6 Å². The third-order valence-electron chi connectivity index (χ3n) is 10.2. The molecule has 0 radical (unpaired) electrons. The van der Waals surface area contributed by atoms with Crippen molar-refractivity contribution in [3.8, 4) is 0 Å². The van der Waals surface area contributed by atoms with Crippen LogP contribution < -0.4 is 21.7 Å². The normalized spacial score (nSPS) is 18.0. The number of aliphatic carboxylic acids is 1. The van der Waals surface area contributed by atoms with E-state index in [1.807, 2.05) is 41.5 Å². The molecular formula is C39H69N5O11. The van der Waals surface area contributed by atoms with E-state index in [4.69, 9.17) is 25.1 Å². The molecule has 0 spiro atoms. The summed E-state index contributed by atoms with van der Waals surface area (Å²) >= 11 is 0. The van der Waals surface area contributed by atoms with Gasteiger partial charge >= 0.3 is 5.97 Å². The number of hydrogen-bond acceptors (Lipinski definition) is 12. The third kappa shape index (κ3) is 17.2. The van der Waals surface area contributed by atoms with Gasteiger partial charge in [-0.05, 0) is 79.1 Å². The Morgan fingerprint density at radius 3 is 2.04 bits per heavy atom. The van der Waals surface area contributed by atoms with E-state index in [0.29, 0.717) is 38.6 Å². The number of unbranched alkanes of at least 4 members (excludes halogenated alkanes) is 1. The second-order valence-electron chi connectivity index (χ2n) is 17.1. The third-order valence-corrected chi connectivity index (χ3v) is 10.2. The van der Waals surface area contributed by atoms with Gasteiger partial charge in [-0.1, -0.05) is 27.7 Å². The fraction of sp³-hybridized carbons (Fsp3) is 0.821. The van der Waals surface area contributed by atoms with Crippen LogP contribution in [0.5, 0.6) is 0 Å². The summed E-state index contributed by atoms with van der Waals surface area (Å²) in [4.78, 5) is 88.5. The van der Waals surface area contributed by atoms with E-state index in [-0.39, 0.29) is 92.6 Å². The van der Waals surface area contributed by atoms with Crippen molar-refractivity contribution >= 4 is 41.2 Å². The zero-order chi connectivity index (χ0) is 42.4. The molecule has 1 fully saturated rings. The smallest absolute Gasteiger partial charge is 0.303 e. The molecule has 0 aromatic heterocycles. The zero-order valence-corrected chi connectivity index (χ0v) is 35.1. The van der Waals surface area contributed by atoms with E-state index >= 15 is 0 Å². The first-order chi connectivity index (χ1) is 25.2. The maximum atomic E-state index is 13.6. The first-order valence-corrected chi connectivity index (χ1v) is 19.3. The molecule has 0 aromatic carbocycles. The van der Waals surface area contributed by atoms with Crippen molar-refractivity contribution < 1.29 is 52.9 Å². The number of likely N-dealkylation sites (tertiary alicyclic amines) is 1. The van der Waals surface area contributed by atoms with Crippen molar-refractivity contribution in [1.29, 1.82) is 0 Å². The van der Waals surface area contributed by atoms with Crippen LogP contribution in [0.2, 0.25) is 0 Å². The molecule has 4 atom stereocenters.